The van der Waals surface area contributed by atoms with Crippen molar-refractivity contribution in [3.63, 3.8) is 0 Å². The summed E-state index contributed by atoms with van der Waals surface area (Å²) < 4.78 is 26.3. The average molecular weight is 656 g/mol. The predicted molar refractivity (Wildman–Crippen MR) is 177 cm³/mol. The van der Waals surface area contributed by atoms with Crippen LogP contribution in [0.5, 0.6) is 11.5 Å². The lowest BCUT2D eigenvalue weighted by Crippen LogP contribution is -2.52. The number of aliphatic hydroxyl groups is 1. The summed E-state index contributed by atoms with van der Waals surface area (Å²) in [6, 6.07) is 24.4. The van der Waals surface area contributed by atoms with Crippen LogP contribution in [-0.4, -0.2) is 79.8 Å². The number of nitrogens with one attached hydrogen (secondary N) is 1. The van der Waals surface area contributed by atoms with Gasteiger partial charge in [0.25, 0.3) is 5.56 Å². The van der Waals surface area contributed by atoms with Gasteiger partial charge in [-0.3, -0.25) is 14.3 Å². The maximum absolute atomic E-state index is 12.6. The minimum atomic E-state index is -1.30. The molecule has 7 rings (SSSR count). The third-order valence-electron chi connectivity index (χ3n) is 9.02. The standard InChI is InChI=1S/C33H33N7O6S/c1-43-22-12-8-20(9-13-22)33(19-6-4-3-5-7-19,21-10-14-23(44-2)15-11-21)45-17-32-16-39(31(35)47)25(26(32)41)29(46-32)40-18-36-24-27(40)37-30(34)38-28(24)42/h3-15,18,25-26,29,41H,16-17H2,1-2H3,(H2,35,47)(H3,34,37,38,42)/t25-,26+,29-,32-/m1/s1. The monoisotopic (exact) mass is 655 g/mol. The molecule has 2 bridgehead atoms. The molecule has 0 radical (unpaired) electrons. The fourth-order valence-electron chi connectivity index (χ4n) is 6.74. The number of morpholine rings is 1. The Kier molecular flexibility index (Phi) is 7.59. The van der Waals surface area contributed by atoms with E-state index in [-0.39, 0.29) is 35.4 Å². The Balaban J connectivity index is 1.35. The van der Waals surface area contributed by atoms with Crippen LogP contribution < -0.4 is 26.5 Å². The summed E-state index contributed by atoms with van der Waals surface area (Å²) >= 11 is 5.43. The minimum Gasteiger partial charge on any atom is -0.497 e. The maximum Gasteiger partial charge on any atom is 0.280 e. The molecule has 242 valence electrons. The number of rotatable bonds is 9. The summed E-state index contributed by atoms with van der Waals surface area (Å²) in [6.07, 6.45) is -0.554. The third-order valence-corrected chi connectivity index (χ3v) is 9.26. The van der Waals surface area contributed by atoms with Crippen LogP contribution in [-0.2, 0) is 15.1 Å². The number of aromatic nitrogens is 4. The molecule has 5 aromatic rings. The van der Waals surface area contributed by atoms with Crippen LogP contribution in [0.25, 0.3) is 11.2 Å². The number of benzene rings is 3. The number of H-pyrrole nitrogens is 1. The number of thiocarbonyl (C=S) groups is 1. The molecular weight excluding hydrogens is 622 g/mol. The van der Waals surface area contributed by atoms with Crippen molar-refractivity contribution in [1.29, 1.82) is 0 Å². The number of nitrogens with zero attached hydrogens (tertiary/aromatic N) is 4. The van der Waals surface area contributed by atoms with Crippen LogP contribution in [0, 0.1) is 0 Å². The fraction of sp³-hybridized carbons (Fsp3) is 0.273. The van der Waals surface area contributed by atoms with Gasteiger partial charge in [0, 0.05) is 0 Å². The van der Waals surface area contributed by atoms with E-state index < -0.39 is 35.1 Å². The smallest absolute Gasteiger partial charge is 0.280 e. The van der Waals surface area contributed by atoms with Gasteiger partial charge in [0.05, 0.1) is 33.7 Å². The van der Waals surface area contributed by atoms with Gasteiger partial charge in [-0.25, -0.2) is 4.98 Å². The van der Waals surface area contributed by atoms with Crippen LogP contribution in [0.1, 0.15) is 22.9 Å². The van der Waals surface area contributed by atoms with E-state index in [1.54, 1.807) is 23.7 Å². The van der Waals surface area contributed by atoms with Crippen molar-refractivity contribution in [2.45, 2.75) is 29.6 Å². The molecule has 2 aromatic heterocycles. The molecule has 47 heavy (non-hydrogen) atoms. The number of methoxy groups -OCH3 is 2. The molecule has 0 amide bonds. The Bertz CT molecular complexity index is 1940. The molecule has 6 N–H and O–H groups in total. The SMILES string of the molecule is COc1ccc(C(OC[C@@]23CN(C(N)=S)[C@@H]([C@H](n4cnc5c(=O)[nH]c(N)nc54)O2)[C@@H]3O)(c2ccccc2)c2ccc(OC)cc2)cc1. The summed E-state index contributed by atoms with van der Waals surface area (Å²) in [5.41, 5.74) is 11.8. The zero-order valence-corrected chi connectivity index (χ0v) is 26.4. The Morgan fingerprint density at radius 1 is 1.04 bits per heavy atom. The van der Waals surface area contributed by atoms with Crippen LogP contribution in [0.3, 0.4) is 0 Å². The van der Waals surface area contributed by atoms with Crippen molar-refractivity contribution in [1.82, 2.24) is 24.4 Å². The molecule has 4 heterocycles. The number of nitrogens with two attached hydrogens (primary N) is 2. The largest absolute Gasteiger partial charge is 0.497 e. The summed E-state index contributed by atoms with van der Waals surface area (Å²) in [4.78, 5) is 25.3. The van der Waals surface area contributed by atoms with Gasteiger partial charge in [0.1, 0.15) is 34.8 Å². The average Bonchev–Trinajstić information content (AvgIpc) is 3.73. The van der Waals surface area contributed by atoms with Gasteiger partial charge in [-0.1, -0.05) is 54.6 Å². The Hall–Kier alpha value is -5.02. The van der Waals surface area contributed by atoms with Crippen LogP contribution in [0.15, 0.2) is 90.0 Å². The summed E-state index contributed by atoms with van der Waals surface area (Å²) in [5, 5.41) is 12.0. The number of aromatic amines is 1. The van der Waals surface area contributed by atoms with Gasteiger partial charge in [-0.2, -0.15) is 4.98 Å². The molecule has 0 spiro atoms. The van der Waals surface area contributed by atoms with E-state index in [1.165, 1.54) is 6.33 Å². The van der Waals surface area contributed by atoms with E-state index in [0.29, 0.717) is 11.5 Å². The first-order valence-corrected chi connectivity index (χ1v) is 15.2. The van der Waals surface area contributed by atoms with Crippen molar-refractivity contribution in [3.05, 3.63) is 112 Å². The van der Waals surface area contributed by atoms with Gasteiger partial charge in [-0.15, -0.1) is 0 Å². The predicted octanol–water partition coefficient (Wildman–Crippen LogP) is 2.28. The Morgan fingerprint density at radius 3 is 2.21 bits per heavy atom. The normalized spacial score (nSPS) is 22.1. The molecule has 4 atom stereocenters. The van der Waals surface area contributed by atoms with Gasteiger partial charge >= 0.3 is 0 Å². The number of anilines is 1. The first-order valence-electron chi connectivity index (χ1n) is 14.8. The molecule has 2 aliphatic heterocycles. The molecule has 2 aliphatic rings. The van der Waals surface area contributed by atoms with E-state index >= 15 is 0 Å². The van der Waals surface area contributed by atoms with Gasteiger partial charge in [-0.05, 0) is 53.2 Å². The highest BCUT2D eigenvalue weighted by molar-refractivity contribution is 7.80. The number of fused-ring (bicyclic) bond motifs is 3. The van der Waals surface area contributed by atoms with Gasteiger partial charge in [0.2, 0.25) is 5.95 Å². The zero-order chi connectivity index (χ0) is 32.9. The Morgan fingerprint density at radius 2 is 1.64 bits per heavy atom. The molecule has 14 heteroatoms. The Labute approximate surface area is 274 Å². The van der Waals surface area contributed by atoms with Crippen LogP contribution in [0.4, 0.5) is 5.95 Å². The number of aliphatic hydroxyl groups excluding tert-OH is 1. The number of nitrogen functional groups attached to an aromatic ring is 1. The van der Waals surface area contributed by atoms with Gasteiger partial charge in [0.15, 0.2) is 22.5 Å². The van der Waals surface area contributed by atoms with Crippen LogP contribution >= 0.6 is 12.2 Å². The minimum absolute atomic E-state index is 0.0781. The highest BCUT2D eigenvalue weighted by atomic mass is 32.1. The van der Waals surface area contributed by atoms with Crippen molar-refractivity contribution < 1.29 is 24.1 Å². The number of hydrogen-bond donors (Lipinski definition) is 4. The number of imidazole rings is 1. The second-order valence-electron chi connectivity index (χ2n) is 11.5. The lowest BCUT2D eigenvalue weighted by atomic mass is 9.79. The van der Waals surface area contributed by atoms with E-state index in [2.05, 4.69) is 15.0 Å². The topological polar surface area (TPSA) is 176 Å². The van der Waals surface area contributed by atoms with E-state index in [1.807, 2.05) is 78.9 Å². The van der Waals surface area contributed by atoms with Crippen molar-refractivity contribution in [2.75, 3.05) is 33.1 Å². The van der Waals surface area contributed by atoms with Crippen LogP contribution in [0.2, 0.25) is 0 Å². The lowest BCUT2D eigenvalue weighted by molar-refractivity contribution is -0.170. The lowest BCUT2D eigenvalue weighted by Gasteiger charge is -2.41. The number of likely N-dealkylation sites (tertiary alicyclic amines) is 1. The van der Waals surface area contributed by atoms with E-state index in [0.717, 1.165) is 16.7 Å². The molecule has 0 saturated carbocycles. The summed E-state index contributed by atoms with van der Waals surface area (Å²) in [6.45, 7) is 0.0690. The van der Waals surface area contributed by atoms with E-state index in [9.17, 15) is 9.90 Å². The van der Waals surface area contributed by atoms with Crippen molar-refractivity contribution in [2.24, 2.45) is 5.73 Å². The number of ether oxygens (including phenoxy) is 4. The van der Waals surface area contributed by atoms with Crippen molar-refractivity contribution >= 4 is 34.4 Å². The first-order chi connectivity index (χ1) is 22.7. The highest BCUT2D eigenvalue weighted by Crippen LogP contribution is 2.50. The second kappa shape index (κ2) is 11.7. The molecular formula is C33H33N7O6S. The molecule has 0 aliphatic carbocycles. The molecule has 13 nitrogen and oxygen atoms in total. The number of hydrogen-bond acceptors (Lipinski definition) is 10. The summed E-state index contributed by atoms with van der Waals surface area (Å²) in [5.74, 6) is 1.30. The molecule has 2 saturated heterocycles. The van der Waals surface area contributed by atoms with Gasteiger partial charge < -0.3 is 40.4 Å². The highest BCUT2D eigenvalue weighted by Gasteiger charge is 2.65. The second-order valence-corrected chi connectivity index (χ2v) is 12.0. The fourth-order valence-corrected chi connectivity index (χ4v) is 6.93. The molecule has 2 fully saturated rings. The third kappa shape index (κ3) is 4.88. The zero-order valence-electron chi connectivity index (χ0n) is 25.6. The molecule has 0 unspecified atom stereocenters. The quantitative estimate of drug-likeness (QED) is 0.135. The van der Waals surface area contributed by atoms with E-state index in [4.69, 9.17) is 42.6 Å². The first kappa shape index (κ1) is 30.6. The van der Waals surface area contributed by atoms with Crippen molar-refractivity contribution in [3.8, 4) is 11.5 Å². The molecule has 3 aromatic carbocycles. The maximum atomic E-state index is 12.6. The summed E-state index contributed by atoms with van der Waals surface area (Å²) in [7, 11) is 3.23.